The lowest BCUT2D eigenvalue weighted by Crippen LogP contribution is -2.26. The zero-order valence-corrected chi connectivity index (χ0v) is 16.5. The van der Waals surface area contributed by atoms with E-state index in [0.717, 1.165) is 56.4 Å². The quantitative estimate of drug-likeness (QED) is 0.655. The Morgan fingerprint density at radius 3 is 2.74 bits per heavy atom. The molecule has 148 valence electrons. The van der Waals surface area contributed by atoms with Crippen LogP contribution in [-0.4, -0.2) is 45.7 Å². The summed E-state index contributed by atoms with van der Waals surface area (Å²) in [5.41, 5.74) is 0.306. The maximum absolute atomic E-state index is 9.10. The van der Waals surface area contributed by atoms with E-state index in [9.17, 15) is 0 Å². The van der Waals surface area contributed by atoms with Crippen molar-refractivity contribution in [2.24, 2.45) is 5.41 Å². The minimum Gasteiger partial charge on any atom is -0.462 e. The van der Waals surface area contributed by atoms with Gasteiger partial charge in [0.15, 0.2) is 0 Å². The maximum Gasteiger partial charge on any atom is 0.131 e. The van der Waals surface area contributed by atoms with Gasteiger partial charge in [0.2, 0.25) is 0 Å². The number of rotatable bonds is 8. The van der Waals surface area contributed by atoms with Gasteiger partial charge in [-0.05, 0) is 30.4 Å². The van der Waals surface area contributed by atoms with Crippen LogP contribution >= 0.6 is 0 Å². The lowest BCUT2D eigenvalue weighted by molar-refractivity contribution is 0.232. The second-order valence-electron chi connectivity index (χ2n) is 8.42. The van der Waals surface area contributed by atoms with Gasteiger partial charge in [-0.3, -0.25) is 4.90 Å². The topological polar surface area (TPSA) is 86.5 Å². The van der Waals surface area contributed by atoms with E-state index in [-0.39, 0.29) is 6.61 Å². The number of furan rings is 1. The number of aliphatic hydroxyl groups is 1. The van der Waals surface area contributed by atoms with E-state index in [0.29, 0.717) is 17.2 Å². The molecule has 0 saturated carbocycles. The second-order valence-corrected chi connectivity index (χ2v) is 8.42. The third kappa shape index (κ3) is 6.22. The summed E-state index contributed by atoms with van der Waals surface area (Å²) in [4.78, 5) is 11.0. The fraction of sp³-hybridized carbons (Fsp3) is 0.600. The second kappa shape index (κ2) is 8.71. The average molecular weight is 374 g/mol. The van der Waals surface area contributed by atoms with E-state index < -0.39 is 0 Å². The molecule has 27 heavy (non-hydrogen) atoms. The third-order valence-corrected chi connectivity index (χ3v) is 4.73. The highest BCUT2D eigenvalue weighted by Gasteiger charge is 2.23. The number of aromatic nitrogens is 2. The third-order valence-electron chi connectivity index (χ3n) is 4.73. The van der Waals surface area contributed by atoms with Crippen molar-refractivity contribution in [2.45, 2.75) is 52.8 Å². The number of hydrogen-bond donors (Lipinski definition) is 3. The first-order valence-corrected chi connectivity index (χ1v) is 9.64. The predicted octanol–water partition coefficient (Wildman–Crippen LogP) is 3.10. The standard InChI is InChI=1S/C20H31N5O2/c1-20(2,3)7-8-21-18-10-19(23-14-22-18)24-15-6-9-25(11-15)12-16-4-5-17(13-26)27-16/h4-5,10,14-15,26H,6-9,11-13H2,1-3H3,(H2,21,22,23,24)/t15-/m1/s1. The summed E-state index contributed by atoms with van der Waals surface area (Å²) in [6, 6.07) is 6.10. The zero-order chi connectivity index (χ0) is 19.3. The molecule has 1 fully saturated rings. The van der Waals surface area contributed by atoms with Gasteiger partial charge in [0.1, 0.15) is 36.1 Å². The maximum atomic E-state index is 9.10. The molecule has 3 N–H and O–H groups in total. The highest BCUT2D eigenvalue weighted by atomic mass is 16.4. The van der Waals surface area contributed by atoms with Crippen molar-refractivity contribution < 1.29 is 9.52 Å². The van der Waals surface area contributed by atoms with Gasteiger partial charge < -0.3 is 20.2 Å². The Bertz CT molecular complexity index is 725. The molecule has 0 amide bonds. The van der Waals surface area contributed by atoms with E-state index in [2.05, 4.69) is 46.3 Å². The van der Waals surface area contributed by atoms with E-state index in [1.54, 1.807) is 6.33 Å². The first kappa shape index (κ1) is 19.6. The first-order chi connectivity index (χ1) is 12.9. The van der Waals surface area contributed by atoms with Gasteiger partial charge in [-0.15, -0.1) is 0 Å². The molecule has 0 bridgehead atoms. The van der Waals surface area contributed by atoms with Gasteiger partial charge in [0.25, 0.3) is 0 Å². The van der Waals surface area contributed by atoms with Crippen LogP contribution in [0.1, 0.15) is 45.1 Å². The fourth-order valence-corrected chi connectivity index (χ4v) is 3.21. The molecule has 0 aliphatic carbocycles. The molecule has 3 heterocycles. The molecule has 0 unspecified atom stereocenters. The normalized spacial score (nSPS) is 18.0. The largest absolute Gasteiger partial charge is 0.462 e. The lowest BCUT2D eigenvalue weighted by atomic mass is 9.92. The SMILES string of the molecule is CC(C)(C)CCNc1cc(N[C@@H]2CCN(Cc3ccc(CO)o3)C2)ncn1. The summed E-state index contributed by atoms with van der Waals surface area (Å²) in [5.74, 6) is 3.23. The number of aliphatic hydroxyl groups excluding tert-OH is 1. The lowest BCUT2D eigenvalue weighted by Gasteiger charge is -2.19. The van der Waals surface area contributed by atoms with Crippen LogP contribution in [0.5, 0.6) is 0 Å². The Kier molecular flexibility index (Phi) is 6.34. The molecule has 1 atom stereocenters. The van der Waals surface area contributed by atoms with Crippen LogP contribution in [0, 0.1) is 5.41 Å². The summed E-state index contributed by atoms with van der Waals surface area (Å²) in [6.07, 6.45) is 3.75. The number of nitrogens with one attached hydrogen (secondary N) is 2. The van der Waals surface area contributed by atoms with Gasteiger partial charge in [-0.2, -0.15) is 0 Å². The number of nitrogens with zero attached hydrogens (tertiary/aromatic N) is 3. The van der Waals surface area contributed by atoms with Crippen LogP contribution in [0.4, 0.5) is 11.6 Å². The number of anilines is 2. The van der Waals surface area contributed by atoms with E-state index in [4.69, 9.17) is 9.52 Å². The molecular weight excluding hydrogens is 342 g/mol. The molecule has 1 aliphatic heterocycles. The molecular formula is C20H31N5O2. The van der Waals surface area contributed by atoms with Gasteiger partial charge in [-0.25, -0.2) is 9.97 Å². The van der Waals surface area contributed by atoms with Gasteiger partial charge in [-0.1, -0.05) is 20.8 Å². The highest BCUT2D eigenvalue weighted by Crippen LogP contribution is 2.20. The Hall–Kier alpha value is -2.12. The monoisotopic (exact) mass is 373 g/mol. The van der Waals surface area contributed by atoms with Crippen molar-refractivity contribution in [3.63, 3.8) is 0 Å². The number of likely N-dealkylation sites (tertiary alicyclic amines) is 1. The Morgan fingerprint density at radius 1 is 1.22 bits per heavy atom. The summed E-state index contributed by atoms with van der Waals surface area (Å²) in [6.45, 7) is 10.3. The molecule has 2 aromatic rings. The molecule has 1 saturated heterocycles. The van der Waals surface area contributed by atoms with Crippen molar-refractivity contribution in [3.05, 3.63) is 36.0 Å². The Labute approximate surface area is 161 Å². The van der Waals surface area contributed by atoms with Crippen molar-refractivity contribution in [3.8, 4) is 0 Å². The van der Waals surface area contributed by atoms with Gasteiger partial charge in [0.05, 0.1) is 6.54 Å². The van der Waals surface area contributed by atoms with Gasteiger partial charge in [0, 0.05) is 31.7 Å². The van der Waals surface area contributed by atoms with Crippen LogP contribution in [0.3, 0.4) is 0 Å². The molecule has 7 nitrogen and oxygen atoms in total. The fourth-order valence-electron chi connectivity index (χ4n) is 3.21. The molecule has 0 spiro atoms. The van der Waals surface area contributed by atoms with Crippen molar-refractivity contribution >= 4 is 11.6 Å². The van der Waals surface area contributed by atoms with Gasteiger partial charge >= 0.3 is 0 Å². The van der Waals surface area contributed by atoms with Crippen LogP contribution in [0.2, 0.25) is 0 Å². The summed E-state index contributed by atoms with van der Waals surface area (Å²) >= 11 is 0. The number of hydrogen-bond acceptors (Lipinski definition) is 7. The minimum atomic E-state index is -0.0516. The van der Waals surface area contributed by atoms with E-state index >= 15 is 0 Å². The van der Waals surface area contributed by atoms with E-state index in [1.807, 2.05) is 18.2 Å². The first-order valence-electron chi connectivity index (χ1n) is 9.64. The van der Waals surface area contributed by atoms with Crippen molar-refractivity contribution in [1.29, 1.82) is 0 Å². The van der Waals surface area contributed by atoms with Crippen molar-refractivity contribution in [2.75, 3.05) is 30.3 Å². The molecule has 3 rings (SSSR count). The van der Waals surface area contributed by atoms with Crippen LogP contribution in [0.15, 0.2) is 28.9 Å². The van der Waals surface area contributed by atoms with Crippen LogP contribution in [-0.2, 0) is 13.2 Å². The minimum absolute atomic E-state index is 0.0516. The summed E-state index contributed by atoms with van der Waals surface area (Å²) in [7, 11) is 0. The average Bonchev–Trinajstić information content (AvgIpc) is 3.24. The predicted molar refractivity (Wildman–Crippen MR) is 107 cm³/mol. The zero-order valence-electron chi connectivity index (χ0n) is 16.5. The molecule has 0 radical (unpaired) electrons. The molecule has 1 aliphatic rings. The summed E-state index contributed by atoms with van der Waals surface area (Å²) < 4.78 is 5.58. The Morgan fingerprint density at radius 2 is 2.00 bits per heavy atom. The van der Waals surface area contributed by atoms with Crippen molar-refractivity contribution in [1.82, 2.24) is 14.9 Å². The van der Waals surface area contributed by atoms with Crippen LogP contribution < -0.4 is 10.6 Å². The molecule has 7 heteroatoms. The Balaban J connectivity index is 1.47. The van der Waals surface area contributed by atoms with E-state index in [1.165, 1.54) is 0 Å². The smallest absolute Gasteiger partial charge is 0.131 e. The molecule has 2 aromatic heterocycles. The highest BCUT2D eigenvalue weighted by molar-refractivity contribution is 5.47. The molecule has 0 aromatic carbocycles. The summed E-state index contributed by atoms with van der Waals surface area (Å²) in [5, 5.41) is 16.0. The van der Waals surface area contributed by atoms with Crippen LogP contribution in [0.25, 0.3) is 0 Å².